The van der Waals surface area contributed by atoms with Crippen molar-refractivity contribution in [3.05, 3.63) is 65.5 Å². The Morgan fingerprint density at radius 3 is 2.56 bits per heavy atom. The van der Waals surface area contributed by atoms with E-state index in [1.165, 1.54) is 28.8 Å². The predicted octanol–water partition coefficient (Wildman–Crippen LogP) is 4.06. The van der Waals surface area contributed by atoms with Crippen LogP contribution in [0, 0.1) is 5.82 Å². The second-order valence-electron chi connectivity index (χ2n) is 3.99. The summed E-state index contributed by atoms with van der Waals surface area (Å²) in [7, 11) is 0. The summed E-state index contributed by atoms with van der Waals surface area (Å²) in [6.07, 6.45) is 5.32. The molecule has 1 heteroatoms. The van der Waals surface area contributed by atoms with E-state index >= 15 is 0 Å². The molecule has 0 aromatic heterocycles. The lowest BCUT2D eigenvalue weighted by atomic mass is 9.97. The molecule has 1 aliphatic carbocycles. The minimum Gasteiger partial charge on any atom is -0.207 e. The first kappa shape index (κ1) is 9.34. The summed E-state index contributed by atoms with van der Waals surface area (Å²) in [6.45, 7) is 0. The lowest BCUT2D eigenvalue weighted by Crippen LogP contribution is -1.86. The van der Waals surface area contributed by atoms with Gasteiger partial charge >= 0.3 is 0 Å². The molecule has 0 radical (unpaired) electrons. The molecule has 16 heavy (non-hydrogen) atoms. The quantitative estimate of drug-likeness (QED) is 0.665. The smallest absolute Gasteiger partial charge is 0.123 e. The second-order valence-corrected chi connectivity index (χ2v) is 3.99. The van der Waals surface area contributed by atoms with Crippen LogP contribution in [0.1, 0.15) is 11.1 Å². The van der Waals surface area contributed by atoms with E-state index in [2.05, 4.69) is 30.4 Å². The number of fused-ring (bicyclic) bond motifs is 1. The van der Waals surface area contributed by atoms with Crippen LogP contribution in [0.5, 0.6) is 0 Å². The highest BCUT2D eigenvalue weighted by Crippen LogP contribution is 2.31. The normalized spacial score (nSPS) is 12.8. The summed E-state index contributed by atoms with van der Waals surface area (Å²) >= 11 is 0. The first-order chi connectivity index (χ1) is 7.84. The molecule has 0 spiro atoms. The van der Waals surface area contributed by atoms with Crippen LogP contribution in [-0.2, 0) is 6.42 Å². The van der Waals surface area contributed by atoms with Gasteiger partial charge in [0, 0.05) is 0 Å². The van der Waals surface area contributed by atoms with Crippen LogP contribution in [0.4, 0.5) is 4.39 Å². The molecule has 0 amide bonds. The summed E-state index contributed by atoms with van der Waals surface area (Å²) in [6, 6.07) is 13.0. The van der Waals surface area contributed by atoms with Crippen molar-refractivity contribution in [2.45, 2.75) is 6.42 Å². The Labute approximate surface area is 94.1 Å². The zero-order valence-corrected chi connectivity index (χ0v) is 8.78. The summed E-state index contributed by atoms with van der Waals surface area (Å²) in [4.78, 5) is 0. The summed E-state index contributed by atoms with van der Waals surface area (Å²) in [5.74, 6) is -0.188. The maximum atomic E-state index is 12.9. The van der Waals surface area contributed by atoms with Crippen LogP contribution in [-0.4, -0.2) is 0 Å². The molecular formula is C15H11F. The topological polar surface area (TPSA) is 0 Å². The fourth-order valence-electron chi connectivity index (χ4n) is 2.17. The van der Waals surface area contributed by atoms with Crippen molar-refractivity contribution < 1.29 is 4.39 Å². The Morgan fingerprint density at radius 2 is 1.75 bits per heavy atom. The van der Waals surface area contributed by atoms with Crippen molar-refractivity contribution in [1.29, 1.82) is 0 Å². The number of hydrogen-bond donors (Lipinski definition) is 0. The van der Waals surface area contributed by atoms with Gasteiger partial charge in [-0.05, 0) is 40.8 Å². The molecule has 3 rings (SSSR count). The number of rotatable bonds is 1. The molecule has 0 bridgehead atoms. The van der Waals surface area contributed by atoms with Gasteiger partial charge in [0.05, 0.1) is 0 Å². The molecule has 0 heterocycles. The van der Waals surface area contributed by atoms with Gasteiger partial charge in [0.2, 0.25) is 0 Å². The highest BCUT2D eigenvalue weighted by molar-refractivity contribution is 5.79. The Morgan fingerprint density at radius 1 is 0.938 bits per heavy atom. The van der Waals surface area contributed by atoms with Crippen molar-refractivity contribution in [3.63, 3.8) is 0 Å². The molecule has 2 aromatic carbocycles. The van der Waals surface area contributed by atoms with Gasteiger partial charge in [-0.1, -0.05) is 42.5 Å². The van der Waals surface area contributed by atoms with Gasteiger partial charge in [0.25, 0.3) is 0 Å². The molecule has 0 saturated carbocycles. The van der Waals surface area contributed by atoms with Crippen molar-refractivity contribution in [3.8, 4) is 11.1 Å². The molecule has 0 unspecified atom stereocenters. The molecule has 0 saturated heterocycles. The SMILES string of the molecule is Fc1ccc(-c2cccc3c2C=CC3)cc1. The van der Waals surface area contributed by atoms with Gasteiger partial charge in [-0.15, -0.1) is 0 Å². The highest BCUT2D eigenvalue weighted by Gasteiger charge is 2.10. The number of benzene rings is 2. The number of hydrogen-bond acceptors (Lipinski definition) is 0. The maximum Gasteiger partial charge on any atom is 0.123 e. The Balaban J connectivity index is 2.17. The largest absolute Gasteiger partial charge is 0.207 e. The van der Waals surface area contributed by atoms with Crippen molar-refractivity contribution in [2.24, 2.45) is 0 Å². The lowest BCUT2D eigenvalue weighted by molar-refractivity contribution is 0.628. The third-order valence-corrected chi connectivity index (χ3v) is 2.97. The average molecular weight is 210 g/mol. The summed E-state index contributed by atoms with van der Waals surface area (Å²) in [5.41, 5.74) is 4.88. The Kier molecular flexibility index (Phi) is 2.10. The maximum absolute atomic E-state index is 12.9. The van der Waals surface area contributed by atoms with E-state index in [4.69, 9.17) is 0 Å². The van der Waals surface area contributed by atoms with Crippen LogP contribution in [0.3, 0.4) is 0 Å². The highest BCUT2D eigenvalue weighted by atomic mass is 19.1. The molecule has 0 nitrogen and oxygen atoms in total. The van der Waals surface area contributed by atoms with Crippen molar-refractivity contribution in [1.82, 2.24) is 0 Å². The minimum atomic E-state index is -0.188. The van der Waals surface area contributed by atoms with E-state index in [1.54, 1.807) is 0 Å². The summed E-state index contributed by atoms with van der Waals surface area (Å²) < 4.78 is 12.9. The zero-order valence-electron chi connectivity index (χ0n) is 8.78. The predicted molar refractivity (Wildman–Crippen MR) is 64.6 cm³/mol. The average Bonchev–Trinajstić information content (AvgIpc) is 2.78. The minimum absolute atomic E-state index is 0.188. The Hall–Kier alpha value is -1.89. The van der Waals surface area contributed by atoms with E-state index in [1.807, 2.05) is 12.1 Å². The molecule has 78 valence electrons. The lowest BCUT2D eigenvalue weighted by Gasteiger charge is -2.07. The monoisotopic (exact) mass is 210 g/mol. The molecular weight excluding hydrogens is 199 g/mol. The van der Waals surface area contributed by atoms with Crippen molar-refractivity contribution >= 4 is 6.08 Å². The van der Waals surface area contributed by atoms with E-state index in [-0.39, 0.29) is 5.82 Å². The van der Waals surface area contributed by atoms with Crippen LogP contribution >= 0.6 is 0 Å². The molecule has 2 aromatic rings. The van der Waals surface area contributed by atoms with Gasteiger partial charge < -0.3 is 0 Å². The standard InChI is InChI=1S/C15H11F/c16-13-9-7-12(8-10-13)15-6-2-4-11-3-1-5-14(11)15/h1-2,4-10H,3H2. The second kappa shape index (κ2) is 3.60. The first-order valence-electron chi connectivity index (χ1n) is 5.39. The van der Waals surface area contributed by atoms with Gasteiger partial charge in [0.1, 0.15) is 5.82 Å². The van der Waals surface area contributed by atoms with Crippen LogP contribution in [0.2, 0.25) is 0 Å². The van der Waals surface area contributed by atoms with Crippen LogP contribution in [0.15, 0.2) is 48.5 Å². The van der Waals surface area contributed by atoms with Gasteiger partial charge in [-0.2, -0.15) is 0 Å². The molecule has 0 aliphatic heterocycles. The van der Waals surface area contributed by atoms with Crippen molar-refractivity contribution in [2.75, 3.05) is 0 Å². The number of halogens is 1. The fraction of sp³-hybridized carbons (Fsp3) is 0.0667. The van der Waals surface area contributed by atoms with Crippen LogP contribution < -0.4 is 0 Å². The molecule has 0 atom stereocenters. The van der Waals surface area contributed by atoms with E-state index in [0.717, 1.165) is 12.0 Å². The first-order valence-corrected chi connectivity index (χ1v) is 5.39. The van der Waals surface area contributed by atoms with Gasteiger partial charge in [0.15, 0.2) is 0 Å². The Bertz CT molecular complexity index is 550. The fourth-order valence-corrected chi connectivity index (χ4v) is 2.17. The van der Waals surface area contributed by atoms with E-state index in [0.29, 0.717) is 0 Å². The third kappa shape index (κ3) is 1.45. The zero-order chi connectivity index (χ0) is 11.0. The van der Waals surface area contributed by atoms with Crippen LogP contribution in [0.25, 0.3) is 17.2 Å². The molecule has 1 aliphatic rings. The number of allylic oxidation sites excluding steroid dienone is 1. The third-order valence-electron chi connectivity index (χ3n) is 2.97. The molecule has 0 fully saturated rings. The van der Waals surface area contributed by atoms with Gasteiger partial charge in [-0.3, -0.25) is 0 Å². The molecule has 0 N–H and O–H groups in total. The summed E-state index contributed by atoms with van der Waals surface area (Å²) in [5, 5.41) is 0. The van der Waals surface area contributed by atoms with E-state index < -0.39 is 0 Å². The van der Waals surface area contributed by atoms with Gasteiger partial charge in [-0.25, -0.2) is 4.39 Å². The van der Waals surface area contributed by atoms with E-state index in [9.17, 15) is 4.39 Å².